The first kappa shape index (κ1) is 12.7. The second-order valence-corrected chi connectivity index (χ2v) is 6.12. The maximum Gasteiger partial charge on any atom is 0.0637 e. The van der Waals surface area contributed by atoms with Crippen molar-refractivity contribution in [2.24, 2.45) is 5.92 Å². The van der Waals surface area contributed by atoms with E-state index in [1.807, 2.05) is 18.2 Å². The van der Waals surface area contributed by atoms with Crippen molar-refractivity contribution in [3.63, 3.8) is 0 Å². The molecule has 3 aliphatic rings. The van der Waals surface area contributed by atoms with Crippen LogP contribution >= 0.6 is 23.2 Å². The van der Waals surface area contributed by atoms with E-state index in [1.165, 1.54) is 32.5 Å². The van der Waals surface area contributed by atoms with Crippen molar-refractivity contribution < 1.29 is 0 Å². The van der Waals surface area contributed by atoms with E-state index in [9.17, 15) is 0 Å². The van der Waals surface area contributed by atoms with Crippen molar-refractivity contribution in [3.8, 4) is 0 Å². The summed E-state index contributed by atoms with van der Waals surface area (Å²) in [4.78, 5) is 2.55. The predicted molar refractivity (Wildman–Crippen MR) is 76.3 cm³/mol. The highest BCUT2D eigenvalue weighted by atomic mass is 35.5. The summed E-state index contributed by atoms with van der Waals surface area (Å²) in [5.41, 5.74) is 1.10. The smallest absolute Gasteiger partial charge is 0.0637 e. The van der Waals surface area contributed by atoms with Gasteiger partial charge in [0.1, 0.15) is 0 Å². The van der Waals surface area contributed by atoms with E-state index in [0.717, 1.165) is 18.0 Å². The molecule has 3 heterocycles. The molecule has 0 aliphatic carbocycles. The third kappa shape index (κ3) is 2.53. The van der Waals surface area contributed by atoms with Crippen LogP contribution in [0.25, 0.3) is 0 Å². The van der Waals surface area contributed by atoms with Gasteiger partial charge in [0, 0.05) is 19.1 Å². The van der Waals surface area contributed by atoms with Crippen LogP contribution in [0, 0.1) is 5.92 Å². The average Bonchev–Trinajstić information content (AvgIpc) is 2.42. The summed E-state index contributed by atoms with van der Waals surface area (Å²) in [5, 5.41) is 4.98. The quantitative estimate of drug-likeness (QED) is 0.917. The molecule has 18 heavy (non-hydrogen) atoms. The monoisotopic (exact) mass is 284 g/mol. The molecule has 4 heteroatoms. The lowest BCUT2D eigenvalue weighted by Gasteiger charge is -2.45. The summed E-state index contributed by atoms with van der Waals surface area (Å²) in [7, 11) is 0. The zero-order chi connectivity index (χ0) is 12.5. The number of hydrogen-bond donors (Lipinski definition) is 1. The highest BCUT2D eigenvalue weighted by molar-refractivity contribution is 6.42. The zero-order valence-electron chi connectivity index (χ0n) is 10.3. The van der Waals surface area contributed by atoms with E-state index in [0.29, 0.717) is 16.1 Å². The van der Waals surface area contributed by atoms with Gasteiger partial charge in [0.25, 0.3) is 0 Å². The molecule has 1 aromatic rings. The van der Waals surface area contributed by atoms with Crippen LogP contribution in [0.2, 0.25) is 10.0 Å². The van der Waals surface area contributed by atoms with E-state index >= 15 is 0 Å². The van der Waals surface area contributed by atoms with Gasteiger partial charge in [-0.25, -0.2) is 0 Å². The Kier molecular flexibility index (Phi) is 3.81. The number of hydrogen-bond acceptors (Lipinski definition) is 2. The molecule has 0 saturated carbocycles. The lowest BCUT2D eigenvalue weighted by molar-refractivity contribution is 0.0720. The number of fused-ring (bicyclic) bond motifs is 3. The standard InChI is InChI=1S/C14H18Cl2N2/c15-12-3-1-2-11(14(12)16)8-17-13-9-18-6-4-10(13)5-7-18/h1-3,10,13,17H,4-9H2. The molecule has 0 aromatic heterocycles. The Morgan fingerprint density at radius 1 is 1.22 bits per heavy atom. The molecular formula is C14H18Cl2N2. The number of piperidine rings is 3. The Morgan fingerprint density at radius 3 is 2.67 bits per heavy atom. The van der Waals surface area contributed by atoms with Crippen molar-refractivity contribution in [2.75, 3.05) is 19.6 Å². The fourth-order valence-corrected chi connectivity index (χ4v) is 3.51. The number of rotatable bonds is 3. The van der Waals surface area contributed by atoms with Gasteiger partial charge in [-0.3, -0.25) is 0 Å². The van der Waals surface area contributed by atoms with E-state index in [-0.39, 0.29) is 0 Å². The molecule has 98 valence electrons. The van der Waals surface area contributed by atoms with Crippen LogP contribution in [-0.4, -0.2) is 30.6 Å². The molecule has 2 nitrogen and oxygen atoms in total. The third-order valence-corrected chi connectivity index (χ3v) is 5.10. The van der Waals surface area contributed by atoms with E-state index < -0.39 is 0 Å². The van der Waals surface area contributed by atoms with Crippen LogP contribution in [0.3, 0.4) is 0 Å². The first-order chi connectivity index (χ1) is 8.74. The normalized spacial score (nSPS) is 30.7. The Hall–Kier alpha value is -0.280. The Balaban J connectivity index is 1.63. The summed E-state index contributed by atoms with van der Waals surface area (Å²) in [6, 6.07) is 6.45. The van der Waals surface area contributed by atoms with E-state index in [4.69, 9.17) is 23.2 Å². The van der Waals surface area contributed by atoms with Crippen molar-refractivity contribution >= 4 is 23.2 Å². The molecule has 2 bridgehead atoms. The maximum absolute atomic E-state index is 6.21. The second kappa shape index (κ2) is 5.38. The number of nitrogens with zero attached hydrogens (tertiary/aromatic N) is 1. The van der Waals surface area contributed by atoms with Crippen LogP contribution < -0.4 is 5.32 Å². The molecule has 3 aliphatic heterocycles. The van der Waals surface area contributed by atoms with Crippen molar-refractivity contribution in [2.45, 2.75) is 25.4 Å². The number of nitrogens with one attached hydrogen (secondary N) is 1. The fourth-order valence-electron chi connectivity index (χ4n) is 3.12. The third-order valence-electron chi connectivity index (χ3n) is 4.24. The SMILES string of the molecule is Clc1cccc(CNC2CN3CCC2CC3)c1Cl. The summed E-state index contributed by atoms with van der Waals surface area (Å²) < 4.78 is 0. The molecule has 3 fully saturated rings. The minimum absolute atomic E-state index is 0.613. The first-order valence-electron chi connectivity index (χ1n) is 6.62. The zero-order valence-corrected chi connectivity index (χ0v) is 11.8. The lowest BCUT2D eigenvalue weighted by atomic mass is 9.84. The highest BCUT2D eigenvalue weighted by Gasteiger charge is 2.33. The summed E-state index contributed by atoms with van der Waals surface area (Å²) in [5.74, 6) is 0.841. The molecule has 1 atom stereocenters. The molecule has 4 rings (SSSR count). The van der Waals surface area contributed by atoms with Gasteiger partial charge in [-0.05, 0) is 43.5 Å². The van der Waals surface area contributed by atoms with E-state index in [1.54, 1.807) is 0 Å². The van der Waals surface area contributed by atoms with Crippen LogP contribution in [0.1, 0.15) is 18.4 Å². The topological polar surface area (TPSA) is 15.3 Å². The van der Waals surface area contributed by atoms with E-state index in [2.05, 4.69) is 10.2 Å². The van der Waals surface area contributed by atoms with Crippen molar-refractivity contribution in [1.82, 2.24) is 10.2 Å². The van der Waals surface area contributed by atoms with Crippen LogP contribution in [-0.2, 0) is 6.54 Å². The highest BCUT2D eigenvalue weighted by Crippen LogP contribution is 2.29. The van der Waals surface area contributed by atoms with Gasteiger partial charge in [-0.2, -0.15) is 0 Å². The summed E-state index contributed by atoms with van der Waals surface area (Å²) in [6.45, 7) is 4.55. The second-order valence-electron chi connectivity index (χ2n) is 5.34. The number of halogens is 2. The van der Waals surface area contributed by atoms with Crippen LogP contribution in [0.5, 0.6) is 0 Å². The molecule has 1 N–H and O–H groups in total. The first-order valence-corrected chi connectivity index (χ1v) is 7.38. The van der Waals surface area contributed by atoms with Gasteiger partial charge in [0.2, 0.25) is 0 Å². The Morgan fingerprint density at radius 2 is 2.00 bits per heavy atom. The molecule has 0 amide bonds. The number of benzene rings is 1. The lowest BCUT2D eigenvalue weighted by Crippen LogP contribution is -2.55. The fraction of sp³-hybridized carbons (Fsp3) is 0.571. The van der Waals surface area contributed by atoms with Crippen molar-refractivity contribution in [1.29, 1.82) is 0 Å². The van der Waals surface area contributed by atoms with Gasteiger partial charge < -0.3 is 10.2 Å². The van der Waals surface area contributed by atoms with Gasteiger partial charge >= 0.3 is 0 Å². The van der Waals surface area contributed by atoms with Gasteiger partial charge in [0.15, 0.2) is 0 Å². The van der Waals surface area contributed by atoms with Gasteiger partial charge in [0.05, 0.1) is 10.0 Å². The predicted octanol–water partition coefficient (Wildman–Crippen LogP) is 3.18. The largest absolute Gasteiger partial charge is 0.308 e. The molecule has 0 spiro atoms. The minimum Gasteiger partial charge on any atom is -0.308 e. The average molecular weight is 285 g/mol. The molecule has 0 radical (unpaired) electrons. The minimum atomic E-state index is 0.613. The van der Waals surface area contributed by atoms with Gasteiger partial charge in [-0.1, -0.05) is 35.3 Å². The molecular weight excluding hydrogens is 267 g/mol. The molecule has 3 saturated heterocycles. The molecule has 1 unspecified atom stereocenters. The van der Waals surface area contributed by atoms with Crippen LogP contribution in [0.4, 0.5) is 0 Å². The Labute approximate surface area is 118 Å². The van der Waals surface area contributed by atoms with Crippen LogP contribution in [0.15, 0.2) is 18.2 Å². The summed E-state index contributed by atoms with van der Waals surface area (Å²) >= 11 is 12.2. The summed E-state index contributed by atoms with van der Waals surface area (Å²) in [6.07, 6.45) is 2.67. The Bertz CT molecular complexity index is 428. The van der Waals surface area contributed by atoms with Crippen molar-refractivity contribution in [3.05, 3.63) is 33.8 Å². The van der Waals surface area contributed by atoms with Gasteiger partial charge in [-0.15, -0.1) is 0 Å². The molecule has 1 aromatic carbocycles. The maximum atomic E-state index is 6.21.